The molecule has 2 aliphatic rings. The van der Waals surface area contributed by atoms with Crippen molar-refractivity contribution in [3.8, 4) is 16.9 Å². The molecule has 0 bridgehead atoms. The average Bonchev–Trinajstić information content (AvgIpc) is 2.98. The topological polar surface area (TPSA) is 9.23 Å². The van der Waals surface area contributed by atoms with Gasteiger partial charge in [-0.05, 0) is 41.3 Å². The Morgan fingerprint density at radius 3 is 2.17 bits per heavy atom. The van der Waals surface area contributed by atoms with Crippen molar-refractivity contribution in [2.24, 2.45) is 0 Å². The van der Waals surface area contributed by atoms with E-state index in [1.54, 1.807) is 0 Å². The highest BCUT2D eigenvalue weighted by Crippen LogP contribution is 2.57. The van der Waals surface area contributed by atoms with Gasteiger partial charge in [-0.1, -0.05) is 102 Å². The molecule has 1 atom stereocenters. The van der Waals surface area contributed by atoms with Crippen molar-refractivity contribution in [1.29, 1.82) is 0 Å². The summed E-state index contributed by atoms with van der Waals surface area (Å²) in [6.07, 6.45) is 4.08. The van der Waals surface area contributed by atoms with Gasteiger partial charge in [0.25, 0.3) is 0 Å². The van der Waals surface area contributed by atoms with Gasteiger partial charge in [0.05, 0.1) is 5.50 Å². The summed E-state index contributed by atoms with van der Waals surface area (Å²) in [4.78, 5) is 0. The van der Waals surface area contributed by atoms with E-state index >= 15 is 0 Å². The van der Waals surface area contributed by atoms with E-state index in [-0.39, 0.29) is 5.41 Å². The Morgan fingerprint density at radius 1 is 0.867 bits per heavy atom. The minimum Gasteiger partial charge on any atom is -0.493 e. The largest absolute Gasteiger partial charge is 0.493 e. The van der Waals surface area contributed by atoms with Gasteiger partial charge in [0.1, 0.15) is 13.6 Å². The van der Waals surface area contributed by atoms with E-state index in [1.807, 2.05) is 40.7 Å². The molecule has 0 spiro atoms. The lowest BCUT2D eigenvalue weighted by Gasteiger charge is -2.34. The quantitative estimate of drug-likeness (QED) is 0.352. The third kappa shape index (κ3) is 3.27. The second-order valence-electron chi connectivity index (χ2n) is 8.33. The van der Waals surface area contributed by atoms with Crippen molar-refractivity contribution in [3.63, 3.8) is 0 Å². The molecule has 2 radical (unpaired) electrons. The first-order chi connectivity index (χ1) is 14.3. The van der Waals surface area contributed by atoms with Crippen LogP contribution in [0.1, 0.15) is 70.7 Å². The summed E-state index contributed by atoms with van der Waals surface area (Å²) < 4.78 is 6.36. The Labute approximate surface area is 183 Å². The van der Waals surface area contributed by atoms with E-state index in [2.05, 4.69) is 69.3 Å². The molecule has 2 heteroatoms. The van der Waals surface area contributed by atoms with Crippen LogP contribution in [0.5, 0.6) is 5.75 Å². The number of aryl methyl sites for hydroxylation is 1. The van der Waals surface area contributed by atoms with E-state index in [9.17, 15) is 0 Å². The van der Waals surface area contributed by atoms with Gasteiger partial charge in [-0.25, -0.2) is 0 Å². The van der Waals surface area contributed by atoms with Crippen LogP contribution in [0.3, 0.4) is 0 Å². The Morgan fingerprint density at radius 2 is 1.50 bits per heavy atom. The molecule has 154 valence electrons. The lowest BCUT2D eigenvalue weighted by atomic mass is 9.77. The number of fused-ring (bicyclic) bond motifs is 8. The summed E-state index contributed by atoms with van der Waals surface area (Å²) in [5.41, 5.74) is 6.73. The van der Waals surface area contributed by atoms with Crippen molar-refractivity contribution < 1.29 is 4.74 Å². The Balaban J connectivity index is 0.000000606. The summed E-state index contributed by atoms with van der Waals surface area (Å²) >= 11 is 0. The SMILES string of the molecule is CC.CC.[B]C1(C)C=Cc2c(c3c(c4ccccc24)-c2ccc(C)cc2C3(C)C)O1. The summed E-state index contributed by atoms with van der Waals surface area (Å²) in [5.74, 6) is 0.935. The standard InChI is InChI=1S/C24H21BO.2C2H6/c1-14-9-10-18-19(13-14)23(2,3)21-20(18)16-8-6-5-7-15(16)17-11-12-24(4,25)26-22(17)21;2*1-2/h5-13H,1-4H3;2*1-2H3. The average molecular weight is 396 g/mol. The van der Waals surface area contributed by atoms with Crippen LogP contribution in [0.4, 0.5) is 0 Å². The molecule has 0 amide bonds. The van der Waals surface area contributed by atoms with Crippen LogP contribution in [0.15, 0.2) is 48.5 Å². The van der Waals surface area contributed by atoms with Gasteiger partial charge in [-0.15, -0.1) is 0 Å². The number of ether oxygens (including phenoxy) is 1. The minimum atomic E-state index is -0.788. The minimum absolute atomic E-state index is 0.133. The monoisotopic (exact) mass is 396 g/mol. The molecule has 0 saturated carbocycles. The highest BCUT2D eigenvalue weighted by Gasteiger charge is 2.42. The zero-order valence-electron chi connectivity index (χ0n) is 19.7. The molecule has 1 heterocycles. The molecule has 0 N–H and O–H groups in total. The summed E-state index contributed by atoms with van der Waals surface area (Å²) in [5, 5.41) is 2.50. The molecule has 1 aliphatic heterocycles. The van der Waals surface area contributed by atoms with Crippen LogP contribution in [-0.2, 0) is 5.41 Å². The number of hydrogen-bond donors (Lipinski definition) is 0. The number of rotatable bonds is 0. The molecule has 3 aromatic rings. The molecule has 1 unspecified atom stereocenters. The third-order valence-corrected chi connectivity index (χ3v) is 5.85. The molecular formula is C28H33BO. The molecule has 30 heavy (non-hydrogen) atoms. The fourth-order valence-electron chi connectivity index (χ4n) is 4.62. The highest BCUT2D eigenvalue weighted by atomic mass is 16.5. The van der Waals surface area contributed by atoms with Crippen molar-refractivity contribution in [2.75, 3.05) is 0 Å². The van der Waals surface area contributed by atoms with Crippen LogP contribution >= 0.6 is 0 Å². The van der Waals surface area contributed by atoms with Crippen LogP contribution < -0.4 is 4.74 Å². The first-order valence-corrected chi connectivity index (χ1v) is 11.2. The van der Waals surface area contributed by atoms with Crippen LogP contribution in [-0.4, -0.2) is 13.3 Å². The fourth-order valence-corrected chi connectivity index (χ4v) is 4.62. The van der Waals surface area contributed by atoms with Crippen molar-refractivity contribution in [2.45, 2.75) is 66.3 Å². The first kappa shape index (κ1) is 22.2. The zero-order valence-corrected chi connectivity index (χ0v) is 19.7. The second-order valence-corrected chi connectivity index (χ2v) is 8.33. The van der Waals surface area contributed by atoms with Gasteiger partial charge < -0.3 is 4.74 Å². The molecule has 0 fully saturated rings. The van der Waals surface area contributed by atoms with Gasteiger partial charge in [-0.3, -0.25) is 0 Å². The maximum Gasteiger partial charge on any atom is 0.137 e. The van der Waals surface area contributed by atoms with Gasteiger partial charge in [0.2, 0.25) is 0 Å². The van der Waals surface area contributed by atoms with Gasteiger partial charge >= 0.3 is 0 Å². The molecule has 3 aromatic carbocycles. The summed E-state index contributed by atoms with van der Waals surface area (Å²) in [6, 6.07) is 15.4. The van der Waals surface area contributed by atoms with E-state index in [4.69, 9.17) is 12.6 Å². The number of hydrogen-bond acceptors (Lipinski definition) is 1. The maximum atomic E-state index is 6.36. The lowest BCUT2D eigenvalue weighted by molar-refractivity contribution is 0.220. The molecular weight excluding hydrogens is 363 g/mol. The lowest BCUT2D eigenvalue weighted by Crippen LogP contribution is -2.33. The Kier molecular flexibility index (Phi) is 5.91. The van der Waals surface area contributed by atoms with E-state index in [0.717, 1.165) is 11.3 Å². The molecule has 5 rings (SSSR count). The summed E-state index contributed by atoms with van der Waals surface area (Å²) in [7, 11) is 6.34. The van der Waals surface area contributed by atoms with Crippen molar-refractivity contribution in [3.05, 3.63) is 70.8 Å². The molecule has 1 aliphatic carbocycles. The van der Waals surface area contributed by atoms with Crippen molar-refractivity contribution >= 4 is 24.7 Å². The smallest absolute Gasteiger partial charge is 0.137 e. The van der Waals surface area contributed by atoms with Gasteiger partial charge in [0, 0.05) is 16.5 Å². The molecule has 1 nitrogen and oxygen atoms in total. The van der Waals surface area contributed by atoms with E-state index in [1.165, 1.54) is 38.6 Å². The van der Waals surface area contributed by atoms with Crippen LogP contribution in [0.2, 0.25) is 0 Å². The van der Waals surface area contributed by atoms with Crippen molar-refractivity contribution in [1.82, 2.24) is 0 Å². The first-order valence-electron chi connectivity index (χ1n) is 11.2. The van der Waals surface area contributed by atoms with Gasteiger partial charge in [-0.2, -0.15) is 0 Å². The van der Waals surface area contributed by atoms with E-state index < -0.39 is 5.50 Å². The normalized spacial score (nSPS) is 19.3. The van der Waals surface area contributed by atoms with Crippen LogP contribution in [0.25, 0.3) is 28.0 Å². The predicted molar refractivity (Wildman–Crippen MR) is 133 cm³/mol. The molecule has 0 aromatic heterocycles. The highest BCUT2D eigenvalue weighted by molar-refractivity contribution is 6.17. The zero-order chi connectivity index (χ0) is 22.3. The van der Waals surface area contributed by atoms with E-state index in [0.29, 0.717) is 0 Å². The van der Waals surface area contributed by atoms with Gasteiger partial charge in [0.15, 0.2) is 0 Å². The Hall–Kier alpha value is -2.48. The third-order valence-electron chi connectivity index (χ3n) is 5.85. The second kappa shape index (κ2) is 7.98. The Bertz CT molecular complexity index is 1120. The predicted octanol–water partition coefficient (Wildman–Crippen LogP) is 7.80. The fraction of sp³-hybridized carbons (Fsp3) is 0.357. The maximum absolute atomic E-state index is 6.36. The summed E-state index contributed by atoms with van der Waals surface area (Å²) in [6.45, 7) is 16.7. The number of benzene rings is 3. The molecule has 0 saturated heterocycles. The van der Waals surface area contributed by atoms with Crippen LogP contribution in [0, 0.1) is 6.92 Å².